The number of benzene rings is 1. The van der Waals surface area contributed by atoms with E-state index in [9.17, 15) is 4.79 Å². The molecule has 0 aliphatic rings. The standard InChI is InChI=1S/C19H15N3OS/c23-19(13-16-9-6-12-24-16)22(15-7-2-1-3-8-15)18-14-21-11-5-4-10-17(21)20-18/h1-12,14H,13H2. The number of rotatable bonds is 4. The number of para-hydroxylation sites is 1. The number of thiophene rings is 1. The smallest absolute Gasteiger partial charge is 0.238 e. The third-order valence-corrected chi connectivity index (χ3v) is 4.63. The average Bonchev–Trinajstić information content (AvgIpc) is 3.25. The van der Waals surface area contributed by atoms with Crippen LogP contribution >= 0.6 is 11.3 Å². The Kier molecular flexibility index (Phi) is 3.84. The summed E-state index contributed by atoms with van der Waals surface area (Å²) in [4.78, 5) is 20.3. The van der Waals surface area contributed by atoms with Gasteiger partial charge in [-0.05, 0) is 35.7 Å². The van der Waals surface area contributed by atoms with Crippen LogP contribution in [-0.4, -0.2) is 15.3 Å². The van der Waals surface area contributed by atoms with Crippen molar-refractivity contribution in [3.63, 3.8) is 0 Å². The third-order valence-electron chi connectivity index (χ3n) is 3.75. The van der Waals surface area contributed by atoms with Crippen LogP contribution in [0.5, 0.6) is 0 Å². The van der Waals surface area contributed by atoms with E-state index in [2.05, 4.69) is 4.98 Å². The van der Waals surface area contributed by atoms with E-state index in [1.165, 1.54) is 0 Å². The molecule has 0 saturated heterocycles. The number of aromatic nitrogens is 2. The van der Waals surface area contributed by atoms with Crippen LogP contribution in [0.4, 0.5) is 11.5 Å². The molecule has 24 heavy (non-hydrogen) atoms. The van der Waals surface area contributed by atoms with Crippen molar-refractivity contribution in [3.05, 3.63) is 83.3 Å². The topological polar surface area (TPSA) is 37.6 Å². The number of hydrogen-bond donors (Lipinski definition) is 0. The Morgan fingerprint density at radius 2 is 1.88 bits per heavy atom. The van der Waals surface area contributed by atoms with Gasteiger partial charge in [-0.15, -0.1) is 11.3 Å². The summed E-state index contributed by atoms with van der Waals surface area (Å²) in [6.07, 6.45) is 4.17. The molecule has 0 unspecified atom stereocenters. The van der Waals surface area contributed by atoms with Gasteiger partial charge in [-0.2, -0.15) is 0 Å². The van der Waals surface area contributed by atoms with Crippen LogP contribution in [0.15, 0.2) is 78.4 Å². The van der Waals surface area contributed by atoms with Gasteiger partial charge in [-0.3, -0.25) is 9.69 Å². The van der Waals surface area contributed by atoms with Gasteiger partial charge >= 0.3 is 0 Å². The Hall–Kier alpha value is -2.92. The highest BCUT2D eigenvalue weighted by Gasteiger charge is 2.21. The molecule has 0 radical (unpaired) electrons. The first-order valence-corrected chi connectivity index (χ1v) is 8.53. The fraction of sp³-hybridized carbons (Fsp3) is 0.0526. The van der Waals surface area contributed by atoms with E-state index in [-0.39, 0.29) is 5.91 Å². The number of amides is 1. The predicted octanol–water partition coefficient (Wildman–Crippen LogP) is 4.30. The molecule has 0 N–H and O–H groups in total. The van der Waals surface area contributed by atoms with E-state index >= 15 is 0 Å². The minimum Gasteiger partial charge on any atom is -0.305 e. The van der Waals surface area contributed by atoms with Crippen LogP contribution in [0.3, 0.4) is 0 Å². The number of hydrogen-bond acceptors (Lipinski definition) is 3. The minimum absolute atomic E-state index is 0.00653. The first kappa shape index (κ1) is 14.7. The number of carbonyl (C=O) groups is 1. The molecule has 0 atom stereocenters. The summed E-state index contributed by atoms with van der Waals surface area (Å²) in [7, 11) is 0. The molecule has 0 aliphatic heterocycles. The molecular weight excluding hydrogens is 318 g/mol. The molecular formula is C19H15N3OS. The summed E-state index contributed by atoms with van der Waals surface area (Å²) in [5.41, 5.74) is 1.64. The Morgan fingerprint density at radius 1 is 1.04 bits per heavy atom. The van der Waals surface area contributed by atoms with Gasteiger partial charge in [0.2, 0.25) is 5.91 Å². The molecule has 0 fully saturated rings. The number of anilines is 2. The summed E-state index contributed by atoms with van der Waals surface area (Å²) in [6, 6.07) is 19.4. The predicted molar refractivity (Wildman–Crippen MR) is 96.8 cm³/mol. The first-order valence-electron chi connectivity index (χ1n) is 7.65. The maximum absolute atomic E-state index is 13.0. The molecule has 0 saturated carbocycles. The lowest BCUT2D eigenvalue weighted by Crippen LogP contribution is -2.27. The van der Waals surface area contributed by atoms with Crippen molar-refractivity contribution in [1.29, 1.82) is 0 Å². The van der Waals surface area contributed by atoms with Gasteiger partial charge in [0, 0.05) is 11.1 Å². The number of nitrogens with zero attached hydrogens (tertiary/aromatic N) is 3. The van der Waals surface area contributed by atoms with Crippen molar-refractivity contribution in [2.24, 2.45) is 0 Å². The first-order chi connectivity index (χ1) is 11.8. The van der Waals surface area contributed by atoms with E-state index < -0.39 is 0 Å². The SMILES string of the molecule is O=C(Cc1cccs1)N(c1ccccc1)c1cn2ccccc2n1. The van der Waals surface area contributed by atoms with E-state index in [1.54, 1.807) is 16.2 Å². The minimum atomic E-state index is 0.00653. The summed E-state index contributed by atoms with van der Waals surface area (Å²) in [5.74, 6) is 0.640. The molecule has 4 nitrogen and oxygen atoms in total. The van der Waals surface area contributed by atoms with E-state index in [0.29, 0.717) is 12.2 Å². The highest BCUT2D eigenvalue weighted by molar-refractivity contribution is 7.10. The number of fused-ring (bicyclic) bond motifs is 1. The van der Waals surface area contributed by atoms with Crippen molar-refractivity contribution < 1.29 is 4.79 Å². The maximum atomic E-state index is 13.0. The van der Waals surface area contributed by atoms with Gasteiger partial charge in [-0.1, -0.05) is 30.3 Å². The molecule has 0 bridgehead atoms. The van der Waals surface area contributed by atoms with Crippen LogP contribution in [0, 0.1) is 0 Å². The molecule has 0 aliphatic carbocycles. The summed E-state index contributed by atoms with van der Waals surface area (Å²) >= 11 is 1.59. The van der Waals surface area contributed by atoms with Crippen LogP contribution in [0.25, 0.3) is 5.65 Å². The molecule has 1 amide bonds. The zero-order valence-electron chi connectivity index (χ0n) is 12.9. The third kappa shape index (κ3) is 2.81. The Balaban J connectivity index is 1.76. The molecule has 118 valence electrons. The van der Waals surface area contributed by atoms with Crippen LogP contribution in [0.1, 0.15) is 4.88 Å². The molecule has 4 rings (SSSR count). The van der Waals surface area contributed by atoms with E-state index in [1.807, 2.05) is 82.8 Å². The molecule has 0 spiro atoms. The zero-order valence-corrected chi connectivity index (χ0v) is 13.7. The lowest BCUT2D eigenvalue weighted by atomic mass is 10.2. The van der Waals surface area contributed by atoms with Gasteiger partial charge in [0.25, 0.3) is 0 Å². The van der Waals surface area contributed by atoms with E-state index in [4.69, 9.17) is 0 Å². The van der Waals surface area contributed by atoms with E-state index in [0.717, 1.165) is 16.2 Å². The number of imidazole rings is 1. The zero-order chi connectivity index (χ0) is 16.4. The fourth-order valence-electron chi connectivity index (χ4n) is 2.65. The lowest BCUT2D eigenvalue weighted by molar-refractivity contribution is -0.117. The largest absolute Gasteiger partial charge is 0.305 e. The highest BCUT2D eigenvalue weighted by Crippen LogP contribution is 2.26. The highest BCUT2D eigenvalue weighted by atomic mass is 32.1. The van der Waals surface area contributed by atoms with Gasteiger partial charge in [0.15, 0.2) is 5.82 Å². The van der Waals surface area contributed by atoms with Crippen molar-refractivity contribution in [3.8, 4) is 0 Å². The summed E-state index contributed by atoms with van der Waals surface area (Å²) in [5, 5.41) is 1.99. The molecule has 1 aromatic carbocycles. The number of pyridine rings is 1. The van der Waals surface area contributed by atoms with Crippen LogP contribution < -0.4 is 4.90 Å². The van der Waals surface area contributed by atoms with Gasteiger partial charge in [0.1, 0.15) is 5.65 Å². The van der Waals surface area contributed by atoms with Gasteiger partial charge < -0.3 is 4.40 Å². The molecule has 4 aromatic rings. The Labute approximate surface area is 143 Å². The Morgan fingerprint density at radius 3 is 2.62 bits per heavy atom. The van der Waals surface area contributed by atoms with Gasteiger partial charge in [0.05, 0.1) is 18.3 Å². The van der Waals surface area contributed by atoms with Gasteiger partial charge in [-0.25, -0.2) is 4.98 Å². The molecule has 5 heteroatoms. The molecule has 3 aromatic heterocycles. The van der Waals surface area contributed by atoms with Crippen LogP contribution in [-0.2, 0) is 11.2 Å². The monoisotopic (exact) mass is 333 g/mol. The summed E-state index contributed by atoms with van der Waals surface area (Å²) in [6.45, 7) is 0. The van der Waals surface area contributed by atoms with Crippen molar-refractivity contribution in [2.75, 3.05) is 4.90 Å². The second-order valence-corrected chi connectivity index (χ2v) is 6.42. The summed E-state index contributed by atoms with van der Waals surface area (Å²) < 4.78 is 1.92. The number of carbonyl (C=O) groups excluding carboxylic acids is 1. The van der Waals surface area contributed by atoms with Crippen molar-refractivity contribution >= 4 is 34.4 Å². The second kappa shape index (κ2) is 6.29. The fourth-order valence-corrected chi connectivity index (χ4v) is 3.35. The maximum Gasteiger partial charge on any atom is 0.238 e. The lowest BCUT2D eigenvalue weighted by Gasteiger charge is -2.20. The van der Waals surface area contributed by atoms with Crippen LogP contribution in [0.2, 0.25) is 0 Å². The van der Waals surface area contributed by atoms with Crippen molar-refractivity contribution in [2.45, 2.75) is 6.42 Å². The second-order valence-electron chi connectivity index (χ2n) is 5.39. The van der Waals surface area contributed by atoms with Crippen molar-refractivity contribution in [1.82, 2.24) is 9.38 Å². The molecule has 3 heterocycles. The quantitative estimate of drug-likeness (QED) is 0.558. The average molecular weight is 333 g/mol. The normalized spacial score (nSPS) is 10.8. The Bertz CT molecular complexity index is 928.